The maximum atomic E-state index is 5.44. The van der Waals surface area contributed by atoms with Crippen molar-refractivity contribution in [1.29, 1.82) is 0 Å². The van der Waals surface area contributed by atoms with Crippen LogP contribution in [0.5, 0.6) is 0 Å². The second-order valence-corrected chi connectivity index (χ2v) is 24.9. The molecular formula is C92H62N6. The van der Waals surface area contributed by atoms with Crippen LogP contribution in [0.15, 0.2) is 376 Å². The van der Waals surface area contributed by atoms with E-state index >= 15 is 0 Å². The average molecular weight is 1250 g/mol. The van der Waals surface area contributed by atoms with E-state index in [4.69, 9.17) is 9.97 Å². The molecule has 0 saturated carbocycles. The van der Waals surface area contributed by atoms with Crippen LogP contribution in [0.25, 0.3) is 133 Å². The molecule has 3 aromatic heterocycles. The molecule has 0 bridgehead atoms. The van der Waals surface area contributed by atoms with Gasteiger partial charge in [0.2, 0.25) is 0 Å². The zero-order chi connectivity index (χ0) is 64.9. The van der Waals surface area contributed by atoms with E-state index < -0.39 is 0 Å². The molecule has 15 aromatic carbocycles. The van der Waals surface area contributed by atoms with E-state index in [0.717, 1.165) is 112 Å². The minimum Gasteiger partial charge on any atom is -0.310 e. The standard InChI is InChI=1S/C92H62N6/c1-7-23-63(24-8-1)67-27-21-29-69(57-67)71-45-53-87-81(59-71)83-61-79(51-55-89(83)97(87)75-35-15-5-16-36-75)95(73-31-11-3-12-32-73)77-47-41-65(42-48-77)91-92(94-86-40-20-19-39-85(86)93-91)66-43-49-78(50-44-66)96(74-33-13-4-14-34-74)80-52-56-90-84(62-80)82-60-72(46-54-88(82)98(90)76-37-17-6-18-38-76)70-30-22-28-68(58-70)64-25-9-2-10-26-64/h1-62H. The maximum Gasteiger partial charge on any atom is 0.0973 e. The summed E-state index contributed by atoms with van der Waals surface area (Å²) in [5, 5.41) is 4.69. The lowest BCUT2D eigenvalue weighted by atomic mass is 9.98. The van der Waals surface area contributed by atoms with Crippen LogP contribution in [0.1, 0.15) is 0 Å². The summed E-state index contributed by atoms with van der Waals surface area (Å²) in [6, 6.07) is 135. The smallest absolute Gasteiger partial charge is 0.0973 e. The summed E-state index contributed by atoms with van der Waals surface area (Å²) in [6.45, 7) is 0. The zero-order valence-corrected chi connectivity index (χ0v) is 53.5. The number of fused-ring (bicyclic) bond motifs is 7. The van der Waals surface area contributed by atoms with Gasteiger partial charge in [0.15, 0.2) is 0 Å². The minimum atomic E-state index is 0.806. The summed E-state index contributed by atoms with van der Waals surface area (Å²) in [4.78, 5) is 15.6. The van der Waals surface area contributed by atoms with Crippen molar-refractivity contribution in [3.63, 3.8) is 0 Å². The molecule has 0 aliphatic rings. The lowest BCUT2D eigenvalue weighted by molar-refractivity contribution is 1.18. The Morgan fingerprint density at radius 2 is 0.449 bits per heavy atom. The molecule has 6 nitrogen and oxygen atoms in total. The van der Waals surface area contributed by atoms with E-state index in [1.54, 1.807) is 0 Å². The molecule has 460 valence electrons. The van der Waals surface area contributed by atoms with Gasteiger partial charge in [-0.3, -0.25) is 0 Å². The van der Waals surface area contributed by atoms with E-state index in [0.29, 0.717) is 0 Å². The van der Waals surface area contributed by atoms with E-state index in [9.17, 15) is 0 Å². The monoisotopic (exact) mass is 1250 g/mol. The van der Waals surface area contributed by atoms with Crippen molar-refractivity contribution in [3.05, 3.63) is 376 Å². The van der Waals surface area contributed by atoms with Gasteiger partial charge < -0.3 is 18.9 Å². The minimum absolute atomic E-state index is 0.806. The molecule has 0 N–H and O–H groups in total. The highest BCUT2D eigenvalue weighted by Crippen LogP contribution is 2.45. The number of anilines is 6. The fraction of sp³-hybridized carbons (Fsp3) is 0. The summed E-state index contributed by atoms with van der Waals surface area (Å²) in [5.74, 6) is 0. The zero-order valence-electron chi connectivity index (χ0n) is 53.5. The van der Waals surface area contributed by atoms with E-state index in [2.05, 4.69) is 383 Å². The van der Waals surface area contributed by atoms with Crippen LogP contribution in [-0.4, -0.2) is 19.1 Å². The topological polar surface area (TPSA) is 42.1 Å². The van der Waals surface area contributed by atoms with Gasteiger partial charge in [-0.05, 0) is 202 Å². The highest BCUT2D eigenvalue weighted by molar-refractivity contribution is 6.13. The molecule has 0 aliphatic heterocycles. The lowest BCUT2D eigenvalue weighted by Crippen LogP contribution is -2.10. The third-order valence-electron chi connectivity index (χ3n) is 19.0. The molecule has 6 heteroatoms. The lowest BCUT2D eigenvalue weighted by Gasteiger charge is -2.26. The van der Waals surface area contributed by atoms with Crippen molar-refractivity contribution < 1.29 is 0 Å². The number of hydrogen-bond acceptors (Lipinski definition) is 4. The quantitative estimate of drug-likeness (QED) is 0.109. The average Bonchev–Trinajstić information content (AvgIpc) is 1.59. The van der Waals surface area contributed by atoms with Gasteiger partial charge in [0, 0.05) is 78.2 Å². The molecule has 0 amide bonds. The second kappa shape index (κ2) is 24.6. The van der Waals surface area contributed by atoms with E-state index in [1.165, 1.54) is 55.3 Å². The van der Waals surface area contributed by atoms with E-state index in [1.807, 2.05) is 12.1 Å². The van der Waals surface area contributed by atoms with Crippen LogP contribution < -0.4 is 9.80 Å². The van der Waals surface area contributed by atoms with Crippen LogP contribution in [-0.2, 0) is 0 Å². The number of para-hydroxylation sites is 6. The molecular weight excluding hydrogens is 1190 g/mol. The van der Waals surface area contributed by atoms with Crippen molar-refractivity contribution in [2.24, 2.45) is 0 Å². The summed E-state index contributed by atoms with van der Waals surface area (Å²) >= 11 is 0. The molecule has 0 atom stereocenters. The normalized spacial score (nSPS) is 11.5. The van der Waals surface area contributed by atoms with Crippen molar-refractivity contribution in [2.45, 2.75) is 0 Å². The molecule has 0 fully saturated rings. The van der Waals surface area contributed by atoms with Crippen LogP contribution in [0.3, 0.4) is 0 Å². The van der Waals surface area contributed by atoms with Gasteiger partial charge in [0.25, 0.3) is 0 Å². The maximum absolute atomic E-state index is 5.44. The van der Waals surface area contributed by atoms with Crippen molar-refractivity contribution in [1.82, 2.24) is 19.1 Å². The van der Waals surface area contributed by atoms with Crippen LogP contribution in [0.4, 0.5) is 34.1 Å². The largest absolute Gasteiger partial charge is 0.310 e. The Hall–Kier alpha value is -13.2. The van der Waals surface area contributed by atoms with Crippen LogP contribution >= 0.6 is 0 Å². The molecule has 0 saturated heterocycles. The Morgan fingerprint density at radius 1 is 0.184 bits per heavy atom. The molecule has 18 rings (SSSR count). The predicted molar refractivity (Wildman–Crippen MR) is 410 cm³/mol. The Morgan fingerprint density at radius 3 is 0.827 bits per heavy atom. The molecule has 0 radical (unpaired) electrons. The highest BCUT2D eigenvalue weighted by atomic mass is 15.1. The molecule has 0 unspecified atom stereocenters. The SMILES string of the molecule is c1ccc(-c2cccc(-c3ccc4c(c3)c3cc(N(c5ccccc5)c5ccc(-c6nc7ccccc7nc6-c6ccc(N(c7ccccc7)c7ccc8c(c7)c7cc(-c9cccc(-c%10ccccc%10)c9)ccc7n8-c7ccccc7)cc6)cc5)ccc3n4-c3ccccc3)c2)cc1. The van der Waals surface area contributed by atoms with Crippen molar-refractivity contribution >= 4 is 88.8 Å². The highest BCUT2D eigenvalue weighted by Gasteiger charge is 2.23. The van der Waals surface area contributed by atoms with Crippen molar-refractivity contribution in [2.75, 3.05) is 9.80 Å². The summed E-state index contributed by atoms with van der Waals surface area (Å²) in [7, 11) is 0. The summed E-state index contributed by atoms with van der Waals surface area (Å²) in [6.07, 6.45) is 0. The molecule has 98 heavy (non-hydrogen) atoms. The van der Waals surface area contributed by atoms with Crippen LogP contribution in [0, 0.1) is 0 Å². The first kappa shape index (κ1) is 57.5. The molecule has 0 spiro atoms. The number of hydrogen-bond donors (Lipinski definition) is 0. The van der Waals surface area contributed by atoms with Gasteiger partial charge in [0.1, 0.15) is 0 Å². The van der Waals surface area contributed by atoms with Gasteiger partial charge in [-0.1, -0.05) is 218 Å². The fourth-order valence-corrected chi connectivity index (χ4v) is 14.4. The predicted octanol–water partition coefficient (Wildman–Crippen LogP) is 24.8. The number of rotatable bonds is 14. The van der Waals surface area contributed by atoms with Gasteiger partial charge in [-0.25, -0.2) is 9.97 Å². The molecule has 3 heterocycles. The van der Waals surface area contributed by atoms with Crippen molar-refractivity contribution in [3.8, 4) is 78.4 Å². The van der Waals surface area contributed by atoms with Gasteiger partial charge in [-0.15, -0.1) is 0 Å². The summed E-state index contributed by atoms with van der Waals surface area (Å²) in [5.41, 5.74) is 27.7. The Balaban J connectivity index is 0.721. The Labute approximate surface area is 568 Å². The van der Waals surface area contributed by atoms with Gasteiger partial charge >= 0.3 is 0 Å². The Bertz CT molecular complexity index is 5580. The first-order valence-corrected chi connectivity index (χ1v) is 33.4. The number of nitrogens with zero attached hydrogens (tertiary/aromatic N) is 6. The second-order valence-electron chi connectivity index (χ2n) is 24.9. The fourth-order valence-electron chi connectivity index (χ4n) is 14.4. The third-order valence-corrected chi connectivity index (χ3v) is 19.0. The first-order chi connectivity index (χ1) is 48.6. The Kier molecular flexibility index (Phi) is 14.5. The van der Waals surface area contributed by atoms with E-state index in [-0.39, 0.29) is 0 Å². The number of benzene rings is 15. The van der Waals surface area contributed by atoms with Gasteiger partial charge in [0.05, 0.1) is 44.5 Å². The number of aromatic nitrogens is 4. The first-order valence-electron chi connectivity index (χ1n) is 33.4. The summed E-state index contributed by atoms with van der Waals surface area (Å²) < 4.78 is 4.79. The molecule has 0 aliphatic carbocycles. The van der Waals surface area contributed by atoms with Gasteiger partial charge in [-0.2, -0.15) is 0 Å². The molecule has 18 aromatic rings. The third kappa shape index (κ3) is 10.5. The van der Waals surface area contributed by atoms with Crippen LogP contribution in [0.2, 0.25) is 0 Å².